The summed E-state index contributed by atoms with van der Waals surface area (Å²) in [4.78, 5) is 22.6. The number of rotatable bonds is 36. The van der Waals surface area contributed by atoms with Gasteiger partial charge in [-0.15, -0.1) is 0 Å². The predicted molar refractivity (Wildman–Crippen MR) is 207 cm³/mol. The van der Waals surface area contributed by atoms with Gasteiger partial charge in [0.25, 0.3) is 0 Å². The molecule has 9 heteroatoms. The number of hydrogen-bond donors (Lipinski definition) is 4. The Morgan fingerprint density at radius 1 is 0.673 bits per heavy atom. The van der Waals surface area contributed by atoms with E-state index in [1.54, 1.807) is 6.08 Å². The van der Waals surface area contributed by atoms with E-state index in [9.17, 15) is 19.4 Å². The van der Waals surface area contributed by atoms with E-state index < -0.39 is 20.0 Å². The van der Waals surface area contributed by atoms with Gasteiger partial charge in [-0.1, -0.05) is 146 Å². The van der Waals surface area contributed by atoms with Crippen LogP contribution in [-0.4, -0.2) is 47.8 Å². The third-order valence-electron chi connectivity index (χ3n) is 8.38. The molecule has 0 aliphatic carbocycles. The molecule has 0 saturated heterocycles. The largest absolute Gasteiger partial charge is 0.472 e. The van der Waals surface area contributed by atoms with Crippen LogP contribution in [0, 0.1) is 0 Å². The van der Waals surface area contributed by atoms with Gasteiger partial charge in [-0.05, 0) is 64.2 Å². The van der Waals surface area contributed by atoms with Crippen molar-refractivity contribution in [2.75, 3.05) is 19.8 Å². The molecule has 49 heavy (non-hydrogen) atoms. The van der Waals surface area contributed by atoms with E-state index in [1.807, 2.05) is 6.08 Å². The molecule has 0 aromatic rings. The molecule has 0 aromatic heterocycles. The summed E-state index contributed by atoms with van der Waals surface area (Å²) in [6.07, 6.45) is 43.0. The Kier molecular flexibility index (Phi) is 35.1. The molecule has 0 aliphatic heterocycles. The summed E-state index contributed by atoms with van der Waals surface area (Å²) in [6, 6.07) is -0.883. The van der Waals surface area contributed by atoms with Crippen LogP contribution in [0.25, 0.3) is 0 Å². The quantitative estimate of drug-likeness (QED) is 0.0289. The first-order chi connectivity index (χ1) is 23.9. The van der Waals surface area contributed by atoms with Gasteiger partial charge in [0.15, 0.2) is 0 Å². The van der Waals surface area contributed by atoms with Crippen LogP contribution in [0.4, 0.5) is 0 Å². The van der Waals surface area contributed by atoms with Gasteiger partial charge in [-0.25, -0.2) is 4.57 Å². The number of allylic oxidation sites excluding steroid dienone is 7. The van der Waals surface area contributed by atoms with Crippen LogP contribution in [0.15, 0.2) is 48.6 Å². The summed E-state index contributed by atoms with van der Waals surface area (Å²) in [5.41, 5.74) is 5.35. The first-order valence-electron chi connectivity index (χ1n) is 19.8. The summed E-state index contributed by atoms with van der Waals surface area (Å²) in [5, 5.41) is 13.6. The van der Waals surface area contributed by atoms with Crippen molar-refractivity contribution in [3.63, 3.8) is 0 Å². The van der Waals surface area contributed by atoms with Gasteiger partial charge in [-0.3, -0.25) is 13.8 Å². The van der Waals surface area contributed by atoms with Crippen LogP contribution in [0.3, 0.4) is 0 Å². The van der Waals surface area contributed by atoms with Gasteiger partial charge in [-0.2, -0.15) is 0 Å². The van der Waals surface area contributed by atoms with E-state index in [0.717, 1.165) is 64.2 Å². The maximum Gasteiger partial charge on any atom is 0.472 e. The Morgan fingerprint density at radius 2 is 1.14 bits per heavy atom. The Hall–Kier alpha value is -1.54. The van der Waals surface area contributed by atoms with Crippen molar-refractivity contribution in [3.05, 3.63) is 48.6 Å². The maximum absolute atomic E-state index is 12.7. The lowest BCUT2D eigenvalue weighted by atomic mass is 10.1. The number of phosphoric acid groups is 1. The van der Waals surface area contributed by atoms with Gasteiger partial charge in [0.1, 0.15) is 0 Å². The Bertz CT molecular complexity index is 907. The Labute approximate surface area is 301 Å². The van der Waals surface area contributed by atoms with Crippen molar-refractivity contribution in [2.24, 2.45) is 5.73 Å². The third kappa shape index (κ3) is 34.7. The fourth-order valence-corrected chi connectivity index (χ4v) is 6.11. The van der Waals surface area contributed by atoms with Crippen molar-refractivity contribution in [3.8, 4) is 0 Å². The second kappa shape index (κ2) is 36.3. The normalized spacial score (nSPS) is 14.8. The predicted octanol–water partition coefficient (Wildman–Crippen LogP) is 10.6. The molecule has 0 heterocycles. The van der Waals surface area contributed by atoms with Crippen molar-refractivity contribution in [1.29, 1.82) is 0 Å². The molecule has 3 unspecified atom stereocenters. The highest BCUT2D eigenvalue weighted by molar-refractivity contribution is 7.47. The number of carbonyl (C=O) groups is 1. The lowest BCUT2D eigenvalue weighted by Crippen LogP contribution is -2.45. The number of phosphoric ester groups is 1. The second-order valence-electron chi connectivity index (χ2n) is 13.1. The highest BCUT2D eigenvalue weighted by Gasteiger charge is 2.26. The topological polar surface area (TPSA) is 131 Å². The van der Waals surface area contributed by atoms with E-state index in [-0.39, 0.29) is 25.7 Å². The van der Waals surface area contributed by atoms with Crippen molar-refractivity contribution >= 4 is 13.7 Å². The maximum atomic E-state index is 12.7. The van der Waals surface area contributed by atoms with Crippen LogP contribution < -0.4 is 11.1 Å². The summed E-state index contributed by atoms with van der Waals surface area (Å²) in [6.45, 7) is 4.06. The third-order valence-corrected chi connectivity index (χ3v) is 9.36. The fraction of sp³-hybridized carbons (Fsp3) is 0.775. The molecule has 0 radical (unpaired) electrons. The molecular weight excluding hydrogens is 635 g/mol. The lowest BCUT2D eigenvalue weighted by Gasteiger charge is -2.23. The molecule has 3 atom stereocenters. The van der Waals surface area contributed by atoms with Gasteiger partial charge in [0, 0.05) is 13.0 Å². The molecule has 0 aliphatic rings. The van der Waals surface area contributed by atoms with E-state index >= 15 is 0 Å². The highest BCUT2D eigenvalue weighted by atomic mass is 31.2. The zero-order valence-electron chi connectivity index (χ0n) is 31.4. The second-order valence-corrected chi connectivity index (χ2v) is 14.6. The lowest BCUT2D eigenvalue weighted by molar-refractivity contribution is -0.123. The van der Waals surface area contributed by atoms with Gasteiger partial charge < -0.3 is 21.1 Å². The molecule has 0 rings (SSSR count). The molecule has 0 bridgehead atoms. The molecule has 0 spiro atoms. The van der Waals surface area contributed by atoms with E-state index in [2.05, 4.69) is 55.6 Å². The monoisotopic (exact) mass is 711 g/mol. The van der Waals surface area contributed by atoms with Crippen molar-refractivity contribution in [1.82, 2.24) is 5.32 Å². The SMILES string of the molecule is CCCCCC/C=C\C/C=C\CCCCCCCC(=O)NC(COP(=O)(O)OCCN)C(O)/C=C/CC/C=C/CCCCCCCCCC. The minimum Gasteiger partial charge on any atom is -0.387 e. The first kappa shape index (κ1) is 47.5. The number of aliphatic hydroxyl groups is 1. The molecule has 8 nitrogen and oxygen atoms in total. The van der Waals surface area contributed by atoms with Crippen LogP contribution in [-0.2, 0) is 18.4 Å². The standard InChI is InChI=1S/C40H75N2O6P/c1-3-5-7-9-11-13-15-17-19-20-22-24-26-28-30-32-34-40(44)42-38(37-48-49(45,46)47-36-35-41)39(43)33-31-29-27-25-23-21-18-16-14-12-10-8-6-4-2/h13,15,19-20,23,25,31,33,38-39,43H,3-12,14,16-18,21-22,24,26-30,32,34-37,41H2,1-2H3,(H,42,44)(H,45,46)/b15-13-,20-19-,25-23+,33-31+. The number of nitrogens with one attached hydrogen (secondary N) is 1. The number of nitrogens with two attached hydrogens (primary N) is 1. The zero-order chi connectivity index (χ0) is 36.1. The first-order valence-corrected chi connectivity index (χ1v) is 21.3. The zero-order valence-corrected chi connectivity index (χ0v) is 32.3. The average Bonchev–Trinajstić information content (AvgIpc) is 3.09. The molecule has 286 valence electrons. The average molecular weight is 711 g/mol. The van der Waals surface area contributed by atoms with E-state index in [1.165, 1.54) is 83.5 Å². The molecular formula is C40H75N2O6P. The number of carbonyl (C=O) groups excluding carboxylic acids is 1. The fourth-order valence-electron chi connectivity index (χ4n) is 5.35. The Morgan fingerprint density at radius 3 is 1.71 bits per heavy atom. The number of hydrogen-bond acceptors (Lipinski definition) is 6. The molecule has 0 fully saturated rings. The van der Waals surface area contributed by atoms with Crippen molar-refractivity contribution in [2.45, 2.75) is 180 Å². The number of amides is 1. The molecule has 0 saturated carbocycles. The van der Waals surface area contributed by atoms with Crippen LogP contribution in [0.1, 0.15) is 168 Å². The highest BCUT2D eigenvalue weighted by Crippen LogP contribution is 2.43. The van der Waals surface area contributed by atoms with Gasteiger partial charge >= 0.3 is 7.82 Å². The minimum absolute atomic E-state index is 0.0701. The minimum atomic E-state index is -4.35. The van der Waals surface area contributed by atoms with E-state index in [0.29, 0.717) is 6.42 Å². The van der Waals surface area contributed by atoms with Gasteiger partial charge in [0.2, 0.25) is 5.91 Å². The number of unbranched alkanes of at least 4 members (excludes halogenated alkanes) is 18. The van der Waals surface area contributed by atoms with Crippen molar-refractivity contribution < 1.29 is 28.4 Å². The molecule has 5 N–H and O–H groups in total. The van der Waals surface area contributed by atoms with Crippen LogP contribution >= 0.6 is 7.82 Å². The van der Waals surface area contributed by atoms with Crippen LogP contribution in [0.5, 0.6) is 0 Å². The van der Waals surface area contributed by atoms with Crippen LogP contribution in [0.2, 0.25) is 0 Å². The summed E-state index contributed by atoms with van der Waals surface area (Å²) in [7, 11) is -4.35. The Balaban J connectivity index is 4.38. The smallest absolute Gasteiger partial charge is 0.387 e. The summed E-state index contributed by atoms with van der Waals surface area (Å²) in [5.74, 6) is -0.220. The van der Waals surface area contributed by atoms with E-state index in [4.69, 9.17) is 14.8 Å². The summed E-state index contributed by atoms with van der Waals surface area (Å²) < 4.78 is 22.0. The molecule has 0 aromatic carbocycles. The number of aliphatic hydroxyl groups excluding tert-OH is 1. The summed E-state index contributed by atoms with van der Waals surface area (Å²) >= 11 is 0. The molecule has 1 amide bonds. The van der Waals surface area contributed by atoms with Gasteiger partial charge in [0.05, 0.1) is 25.4 Å².